The van der Waals surface area contributed by atoms with Crippen LogP contribution < -0.4 is 19.6 Å². The number of aromatic hydroxyl groups is 2. The summed E-state index contributed by atoms with van der Waals surface area (Å²) in [6.45, 7) is -0.671. The Hall–Kier alpha value is -3.55. The molecule has 35 heavy (non-hydrogen) atoms. The second-order valence-corrected chi connectivity index (χ2v) is 7.79. The van der Waals surface area contributed by atoms with Gasteiger partial charge in [0.05, 0.1) is 20.8 Å². The number of methoxy groups -OCH3 is 2. The van der Waals surface area contributed by atoms with Crippen LogP contribution in [0, 0.1) is 0 Å². The van der Waals surface area contributed by atoms with Gasteiger partial charge in [-0.3, -0.25) is 4.79 Å². The van der Waals surface area contributed by atoms with Crippen LogP contribution in [0.25, 0.3) is 22.3 Å². The number of rotatable bonds is 6. The maximum Gasteiger partial charge on any atom is 0.239 e. The fourth-order valence-corrected chi connectivity index (χ4v) is 3.84. The summed E-state index contributed by atoms with van der Waals surface area (Å²) in [4.78, 5) is 13.2. The highest BCUT2D eigenvalue weighted by atomic mass is 16.7. The zero-order chi connectivity index (χ0) is 25.4. The molecule has 5 atom stereocenters. The molecular formula is C23H24O12. The molecule has 1 fully saturated rings. The maximum atomic E-state index is 13.2. The van der Waals surface area contributed by atoms with Gasteiger partial charge < -0.3 is 54.0 Å². The molecule has 2 aromatic carbocycles. The van der Waals surface area contributed by atoms with Crippen molar-refractivity contribution in [1.82, 2.24) is 0 Å². The van der Waals surface area contributed by atoms with E-state index in [0.29, 0.717) is 5.56 Å². The predicted molar refractivity (Wildman–Crippen MR) is 119 cm³/mol. The largest absolute Gasteiger partial charge is 0.508 e. The Kier molecular flexibility index (Phi) is 6.74. The van der Waals surface area contributed by atoms with E-state index in [1.54, 1.807) is 0 Å². The highest BCUT2D eigenvalue weighted by Crippen LogP contribution is 2.45. The first kappa shape index (κ1) is 24.6. The third-order valence-corrected chi connectivity index (χ3v) is 5.67. The summed E-state index contributed by atoms with van der Waals surface area (Å²) in [5.41, 5.74) is -0.464. The smallest absolute Gasteiger partial charge is 0.239 e. The van der Waals surface area contributed by atoms with Crippen LogP contribution in [0.15, 0.2) is 39.5 Å². The lowest BCUT2D eigenvalue weighted by Gasteiger charge is -2.39. The molecule has 1 saturated heterocycles. The average molecular weight is 492 g/mol. The quantitative estimate of drug-likeness (QED) is 0.272. The molecule has 3 aromatic rings. The van der Waals surface area contributed by atoms with Gasteiger partial charge in [-0.1, -0.05) is 0 Å². The minimum Gasteiger partial charge on any atom is -0.508 e. The number of fused-ring (bicyclic) bond motifs is 1. The molecule has 0 unspecified atom stereocenters. The number of ether oxygens (including phenoxy) is 4. The normalized spacial score (nSPS) is 24.3. The van der Waals surface area contributed by atoms with Gasteiger partial charge in [-0.25, -0.2) is 0 Å². The average Bonchev–Trinajstić information content (AvgIpc) is 2.84. The summed E-state index contributed by atoms with van der Waals surface area (Å²) in [6, 6.07) is 6.98. The van der Waals surface area contributed by atoms with Crippen LogP contribution in [-0.2, 0) is 4.74 Å². The van der Waals surface area contributed by atoms with E-state index in [2.05, 4.69) is 0 Å². The third-order valence-electron chi connectivity index (χ3n) is 5.67. The monoisotopic (exact) mass is 492 g/mol. The standard InChI is InChI=1S/C23H24O12/c1-31-21-12(34-23-19(30)18(29)15(26)13(8-24)35-23)7-11-14(16(21)27)17(28)22(32-2)20(33-11)9-3-5-10(25)6-4-9/h3-7,13,15,18-19,23-27,29-30H,8H2,1-2H3/t13-,15-,18+,19+,23-/m1/s1. The van der Waals surface area contributed by atoms with Crippen LogP contribution in [0.4, 0.5) is 0 Å². The van der Waals surface area contributed by atoms with Crippen molar-refractivity contribution in [3.8, 4) is 40.1 Å². The fourth-order valence-electron chi connectivity index (χ4n) is 3.84. The second kappa shape index (κ2) is 9.60. The van der Waals surface area contributed by atoms with Crippen molar-refractivity contribution in [2.75, 3.05) is 20.8 Å². The summed E-state index contributed by atoms with van der Waals surface area (Å²) >= 11 is 0. The predicted octanol–water partition coefficient (Wildman–Crippen LogP) is 0.0671. The Balaban J connectivity index is 1.86. The van der Waals surface area contributed by atoms with Gasteiger partial charge in [0.2, 0.25) is 23.2 Å². The number of phenolic OH excluding ortho intramolecular Hbond substituents is 2. The lowest BCUT2D eigenvalue weighted by atomic mass is 9.99. The zero-order valence-electron chi connectivity index (χ0n) is 18.6. The first-order valence-corrected chi connectivity index (χ1v) is 10.4. The molecule has 1 aliphatic heterocycles. The van der Waals surface area contributed by atoms with Crippen LogP contribution in [-0.4, -0.2) is 82.2 Å². The molecular weight excluding hydrogens is 468 g/mol. The van der Waals surface area contributed by atoms with Crippen LogP contribution in [0.5, 0.6) is 28.7 Å². The number of hydrogen-bond acceptors (Lipinski definition) is 12. The number of benzene rings is 2. The van der Waals surface area contributed by atoms with Crippen LogP contribution >= 0.6 is 0 Å². The van der Waals surface area contributed by atoms with E-state index in [4.69, 9.17) is 23.4 Å². The minimum absolute atomic E-state index is 0.00607. The van der Waals surface area contributed by atoms with Gasteiger partial charge in [-0.15, -0.1) is 0 Å². The van der Waals surface area contributed by atoms with Gasteiger partial charge in [-0.2, -0.15) is 0 Å². The van der Waals surface area contributed by atoms with Gasteiger partial charge in [0.25, 0.3) is 0 Å². The molecule has 1 aromatic heterocycles. The minimum atomic E-state index is -1.73. The van der Waals surface area contributed by atoms with Crippen LogP contribution in [0.1, 0.15) is 0 Å². The maximum absolute atomic E-state index is 13.2. The van der Waals surface area contributed by atoms with E-state index in [1.807, 2.05) is 0 Å². The SMILES string of the molecule is COc1c(O[C@@H]2O[C@H](CO)[C@@H](O)[C@H](O)[C@@H]2O)cc2oc(-c3ccc(O)cc3)c(OC)c(=O)c2c1O. The Labute approximate surface area is 197 Å². The van der Waals surface area contributed by atoms with Crippen molar-refractivity contribution in [2.24, 2.45) is 0 Å². The Morgan fingerprint density at radius 2 is 1.60 bits per heavy atom. The van der Waals surface area contributed by atoms with Gasteiger partial charge >= 0.3 is 0 Å². The Morgan fingerprint density at radius 1 is 0.943 bits per heavy atom. The number of phenols is 2. The van der Waals surface area contributed by atoms with E-state index in [1.165, 1.54) is 44.6 Å². The van der Waals surface area contributed by atoms with Crippen molar-refractivity contribution in [3.05, 3.63) is 40.6 Å². The summed E-state index contributed by atoms with van der Waals surface area (Å²) in [7, 11) is 2.46. The van der Waals surface area contributed by atoms with E-state index in [0.717, 1.165) is 0 Å². The first-order chi connectivity index (χ1) is 16.7. The van der Waals surface area contributed by atoms with Crippen molar-refractivity contribution in [2.45, 2.75) is 30.7 Å². The third kappa shape index (κ3) is 4.22. The lowest BCUT2D eigenvalue weighted by molar-refractivity contribution is -0.277. The molecule has 0 bridgehead atoms. The molecule has 6 N–H and O–H groups in total. The molecule has 0 radical (unpaired) electrons. The molecule has 0 spiro atoms. The fraction of sp³-hybridized carbons (Fsp3) is 0.348. The number of aliphatic hydroxyl groups excluding tert-OH is 4. The molecule has 1 aliphatic rings. The Morgan fingerprint density at radius 3 is 2.20 bits per heavy atom. The van der Waals surface area contributed by atoms with E-state index in [9.17, 15) is 35.4 Å². The molecule has 12 heteroatoms. The number of hydrogen-bond donors (Lipinski definition) is 6. The highest BCUT2D eigenvalue weighted by Gasteiger charge is 2.45. The summed E-state index contributed by atoms with van der Waals surface area (Å²) in [5.74, 6) is -1.38. The van der Waals surface area contributed by atoms with Crippen LogP contribution in [0.2, 0.25) is 0 Å². The van der Waals surface area contributed by atoms with Crippen molar-refractivity contribution in [1.29, 1.82) is 0 Å². The highest BCUT2D eigenvalue weighted by molar-refractivity contribution is 5.91. The Bertz CT molecular complexity index is 1270. The summed E-state index contributed by atoms with van der Waals surface area (Å²) < 4.78 is 27.3. The van der Waals surface area contributed by atoms with Crippen molar-refractivity contribution >= 4 is 11.0 Å². The van der Waals surface area contributed by atoms with E-state index < -0.39 is 48.5 Å². The molecule has 0 saturated carbocycles. The summed E-state index contributed by atoms with van der Waals surface area (Å²) in [5, 5.41) is 59.8. The molecule has 4 rings (SSSR count). The van der Waals surface area contributed by atoms with Crippen LogP contribution in [0.3, 0.4) is 0 Å². The van der Waals surface area contributed by atoms with Crippen molar-refractivity contribution < 1.29 is 54.0 Å². The van der Waals surface area contributed by atoms with Gasteiger partial charge in [0.1, 0.15) is 41.1 Å². The lowest BCUT2D eigenvalue weighted by Crippen LogP contribution is -2.60. The topological polar surface area (TPSA) is 189 Å². The summed E-state index contributed by atoms with van der Waals surface area (Å²) in [6.07, 6.45) is -7.85. The second-order valence-electron chi connectivity index (χ2n) is 7.79. The molecule has 0 aliphatic carbocycles. The zero-order valence-corrected chi connectivity index (χ0v) is 18.6. The van der Waals surface area contributed by atoms with E-state index >= 15 is 0 Å². The molecule has 12 nitrogen and oxygen atoms in total. The molecule has 2 heterocycles. The van der Waals surface area contributed by atoms with Gasteiger partial charge in [0.15, 0.2) is 17.3 Å². The van der Waals surface area contributed by atoms with Gasteiger partial charge in [0, 0.05) is 11.6 Å². The number of aliphatic hydroxyl groups is 4. The first-order valence-electron chi connectivity index (χ1n) is 10.4. The van der Waals surface area contributed by atoms with E-state index in [-0.39, 0.29) is 39.7 Å². The molecule has 0 amide bonds. The molecule has 188 valence electrons. The van der Waals surface area contributed by atoms with Gasteiger partial charge in [-0.05, 0) is 24.3 Å². The van der Waals surface area contributed by atoms with Crippen molar-refractivity contribution in [3.63, 3.8) is 0 Å².